The number of piperidine rings is 1. The number of piperazine rings is 1. The number of carboxylic acids is 2. The molecule has 1 aromatic heterocycles. The zero-order valence-electron chi connectivity index (χ0n) is 30.0. The van der Waals surface area contributed by atoms with Crippen LogP contribution in [0.1, 0.15) is 57.1 Å². The van der Waals surface area contributed by atoms with Gasteiger partial charge >= 0.3 is 24.3 Å². The van der Waals surface area contributed by atoms with E-state index in [1.54, 1.807) is 5.56 Å². The van der Waals surface area contributed by atoms with Crippen LogP contribution in [0.2, 0.25) is 0 Å². The van der Waals surface area contributed by atoms with Crippen LogP contribution in [0.5, 0.6) is 0 Å². The third-order valence-electron chi connectivity index (χ3n) is 9.65. The number of aromatic amines is 1. The number of para-hydroxylation sites is 1. The summed E-state index contributed by atoms with van der Waals surface area (Å²) in [5, 5.41) is 15.4. The van der Waals surface area contributed by atoms with Gasteiger partial charge in [-0.3, -0.25) is 14.6 Å². The molecule has 2 fully saturated rings. The molecule has 15 heteroatoms. The van der Waals surface area contributed by atoms with Crippen LogP contribution in [0.3, 0.4) is 0 Å². The molecule has 0 bridgehead atoms. The number of carboxylic acid groups (broad SMARTS) is 2. The second-order valence-corrected chi connectivity index (χ2v) is 13.4. The van der Waals surface area contributed by atoms with Crippen molar-refractivity contribution in [2.45, 2.75) is 57.9 Å². The molecule has 0 radical (unpaired) electrons. The Hall–Kier alpha value is -4.89. The molecular weight excluding hydrogens is 718 g/mol. The van der Waals surface area contributed by atoms with Crippen molar-refractivity contribution in [3.05, 3.63) is 106 Å². The van der Waals surface area contributed by atoms with Crippen molar-refractivity contribution in [3.63, 3.8) is 0 Å². The van der Waals surface area contributed by atoms with Gasteiger partial charge in [-0.15, -0.1) is 0 Å². The number of alkyl halides is 6. The van der Waals surface area contributed by atoms with Crippen LogP contribution in [0.15, 0.2) is 72.8 Å². The lowest BCUT2D eigenvalue weighted by Crippen LogP contribution is -2.49. The van der Waals surface area contributed by atoms with Crippen molar-refractivity contribution in [1.29, 1.82) is 0 Å². The number of fused-ring (bicyclic) bond motifs is 1. The largest absolute Gasteiger partial charge is 0.490 e. The molecule has 292 valence electrons. The minimum atomic E-state index is -5.08. The molecule has 2 aliphatic heterocycles. The first-order valence-corrected chi connectivity index (χ1v) is 17.5. The van der Waals surface area contributed by atoms with Crippen LogP contribution in [0.4, 0.5) is 26.3 Å². The number of carbonyl (C=O) groups is 3. The predicted molar refractivity (Wildman–Crippen MR) is 191 cm³/mol. The van der Waals surface area contributed by atoms with E-state index in [9.17, 15) is 31.1 Å². The van der Waals surface area contributed by atoms with Crippen molar-refractivity contribution >= 4 is 28.7 Å². The van der Waals surface area contributed by atoms with Gasteiger partial charge < -0.3 is 20.1 Å². The monoisotopic (exact) mass is 762 g/mol. The Morgan fingerprint density at radius 3 is 1.76 bits per heavy atom. The number of hydrogen-bond acceptors (Lipinski definition) is 5. The van der Waals surface area contributed by atoms with Crippen molar-refractivity contribution < 1.29 is 50.9 Å². The molecule has 0 saturated carbocycles. The Balaban J connectivity index is 0.000000396. The van der Waals surface area contributed by atoms with Gasteiger partial charge in [0.2, 0.25) is 0 Å². The van der Waals surface area contributed by atoms with Crippen LogP contribution in [0, 0.1) is 13.8 Å². The van der Waals surface area contributed by atoms with Gasteiger partial charge in [-0.2, -0.15) is 26.3 Å². The summed E-state index contributed by atoms with van der Waals surface area (Å²) >= 11 is 0. The highest BCUT2D eigenvalue weighted by molar-refractivity contribution is 6.01. The molecule has 0 aliphatic carbocycles. The van der Waals surface area contributed by atoms with E-state index in [4.69, 9.17) is 19.8 Å². The van der Waals surface area contributed by atoms with E-state index in [0.29, 0.717) is 5.92 Å². The summed E-state index contributed by atoms with van der Waals surface area (Å²) in [5.74, 6) is -4.74. The third-order valence-corrected chi connectivity index (χ3v) is 9.65. The van der Waals surface area contributed by atoms with Gasteiger partial charge in [-0.25, -0.2) is 9.59 Å². The van der Waals surface area contributed by atoms with Gasteiger partial charge in [-0.05, 0) is 80.4 Å². The molecule has 0 spiro atoms. The van der Waals surface area contributed by atoms with Crippen LogP contribution in [-0.2, 0) is 22.6 Å². The Morgan fingerprint density at radius 2 is 1.22 bits per heavy atom. The minimum Gasteiger partial charge on any atom is -0.475 e. The number of likely N-dealkylation sites (tertiary alicyclic amines) is 1. The highest BCUT2D eigenvalue weighted by Crippen LogP contribution is 2.34. The quantitative estimate of drug-likeness (QED) is 0.168. The average molecular weight is 763 g/mol. The van der Waals surface area contributed by atoms with Gasteiger partial charge in [0.1, 0.15) is 5.69 Å². The second kappa shape index (κ2) is 18.4. The van der Waals surface area contributed by atoms with Crippen LogP contribution in [0.25, 0.3) is 10.9 Å². The highest BCUT2D eigenvalue weighted by Gasteiger charge is 2.39. The molecule has 4 aromatic rings. The van der Waals surface area contributed by atoms with Crippen molar-refractivity contribution in [2.24, 2.45) is 0 Å². The van der Waals surface area contributed by atoms with E-state index in [-0.39, 0.29) is 5.91 Å². The lowest BCUT2D eigenvalue weighted by molar-refractivity contribution is -0.193. The second-order valence-electron chi connectivity index (χ2n) is 13.4. The van der Waals surface area contributed by atoms with E-state index in [1.165, 1.54) is 34.9 Å². The average Bonchev–Trinajstić information content (AvgIpc) is 3.49. The molecule has 54 heavy (non-hydrogen) atoms. The van der Waals surface area contributed by atoms with Gasteiger partial charge in [0.05, 0.1) is 0 Å². The predicted octanol–water partition coefficient (Wildman–Crippen LogP) is 7.43. The summed E-state index contributed by atoms with van der Waals surface area (Å²) < 4.78 is 63.5. The fraction of sp³-hybridized carbons (Fsp3) is 0.410. The number of aliphatic carboxylic acids is 2. The van der Waals surface area contributed by atoms with E-state index in [0.717, 1.165) is 75.6 Å². The number of carbonyl (C=O) groups excluding carboxylic acids is 1. The van der Waals surface area contributed by atoms with E-state index in [2.05, 4.69) is 106 Å². The Morgan fingerprint density at radius 1 is 0.704 bits per heavy atom. The molecule has 0 atom stereocenters. The number of halogens is 6. The number of H-pyrrole nitrogens is 1. The summed E-state index contributed by atoms with van der Waals surface area (Å²) in [4.78, 5) is 42.3. The molecule has 0 unspecified atom stereocenters. The first-order chi connectivity index (χ1) is 25.5. The highest BCUT2D eigenvalue weighted by atomic mass is 19.4. The first kappa shape index (κ1) is 41.9. The van der Waals surface area contributed by atoms with E-state index < -0.39 is 24.3 Å². The Labute approximate surface area is 309 Å². The van der Waals surface area contributed by atoms with Gasteiger partial charge in [-0.1, -0.05) is 66.7 Å². The molecule has 6 rings (SSSR count). The van der Waals surface area contributed by atoms with Crippen LogP contribution >= 0.6 is 0 Å². The summed E-state index contributed by atoms with van der Waals surface area (Å²) in [6.07, 6.45) is -6.77. The standard InChI is InChI=1S/C35H42N4O.2C2HF3O2/c1-26-9-8-10-27(2)33(26)29-16-19-38(20-17-29)25-31-30-13-6-7-14-32(30)36-34(31)35(40)39-23-21-37(22-24-39)18-15-28-11-4-3-5-12-28;2*3-2(4,5)1(6)7/h3-14,29,36H,15-25H2,1-2H3;2*(H,6,7). The van der Waals surface area contributed by atoms with Gasteiger partial charge in [0.15, 0.2) is 0 Å². The zero-order chi connectivity index (χ0) is 39.6. The molecule has 2 saturated heterocycles. The molecule has 3 N–H and O–H groups in total. The molecule has 3 aromatic carbocycles. The molecule has 2 aliphatic rings. The van der Waals surface area contributed by atoms with Crippen LogP contribution in [-0.4, -0.2) is 106 Å². The normalized spacial score (nSPS) is 15.9. The Kier molecular flexibility index (Phi) is 14.3. The molecule has 9 nitrogen and oxygen atoms in total. The maximum Gasteiger partial charge on any atom is 0.490 e. The summed E-state index contributed by atoms with van der Waals surface area (Å²) in [6.45, 7) is 11.9. The number of amides is 1. The van der Waals surface area contributed by atoms with Crippen molar-refractivity contribution in [3.8, 4) is 0 Å². The third kappa shape index (κ3) is 11.6. The minimum absolute atomic E-state index is 0.152. The van der Waals surface area contributed by atoms with E-state index >= 15 is 0 Å². The number of nitrogens with zero attached hydrogens (tertiary/aromatic N) is 3. The summed E-state index contributed by atoms with van der Waals surface area (Å²) in [7, 11) is 0. The maximum atomic E-state index is 13.9. The molecule has 1 amide bonds. The van der Waals surface area contributed by atoms with Gasteiger partial charge in [0.25, 0.3) is 5.91 Å². The number of rotatable bonds is 7. The summed E-state index contributed by atoms with van der Waals surface area (Å²) in [5.41, 5.74) is 8.78. The molecular formula is C39H44F6N4O5. The Bertz CT molecular complexity index is 1820. The van der Waals surface area contributed by atoms with Crippen LogP contribution < -0.4 is 0 Å². The fourth-order valence-corrected chi connectivity index (χ4v) is 6.89. The first-order valence-electron chi connectivity index (χ1n) is 17.5. The zero-order valence-corrected chi connectivity index (χ0v) is 30.0. The number of nitrogens with one attached hydrogen (secondary N) is 1. The van der Waals surface area contributed by atoms with Gasteiger partial charge in [0, 0.05) is 55.7 Å². The molecule has 3 heterocycles. The number of hydrogen-bond donors (Lipinski definition) is 3. The topological polar surface area (TPSA) is 117 Å². The maximum absolute atomic E-state index is 13.9. The van der Waals surface area contributed by atoms with Crippen molar-refractivity contribution in [2.75, 3.05) is 45.8 Å². The number of aryl methyl sites for hydroxylation is 2. The smallest absolute Gasteiger partial charge is 0.475 e. The lowest BCUT2D eigenvalue weighted by Gasteiger charge is -2.35. The van der Waals surface area contributed by atoms with E-state index in [1.807, 2.05) is 0 Å². The summed E-state index contributed by atoms with van der Waals surface area (Å²) in [6, 6.07) is 25.8. The van der Waals surface area contributed by atoms with Crippen molar-refractivity contribution in [1.82, 2.24) is 19.7 Å². The number of aromatic nitrogens is 1. The fourth-order valence-electron chi connectivity index (χ4n) is 6.89. The number of benzene rings is 3. The SMILES string of the molecule is Cc1cccc(C)c1C1CCN(Cc2c(C(=O)N3CCN(CCc4ccccc4)CC3)[nH]c3ccccc23)CC1.O=C(O)C(F)(F)F.O=C(O)C(F)(F)F. The lowest BCUT2D eigenvalue weighted by atomic mass is 9.84.